The van der Waals surface area contributed by atoms with Crippen LogP contribution in [0, 0.1) is 5.82 Å². The summed E-state index contributed by atoms with van der Waals surface area (Å²) in [5.74, 6) is 1.20. The van der Waals surface area contributed by atoms with Gasteiger partial charge in [-0.3, -0.25) is 10.1 Å². The van der Waals surface area contributed by atoms with Crippen LogP contribution in [0.25, 0.3) is 11.4 Å². The van der Waals surface area contributed by atoms with E-state index in [1.807, 2.05) is 24.3 Å². The first-order valence-corrected chi connectivity index (χ1v) is 9.13. The van der Waals surface area contributed by atoms with Crippen LogP contribution in [0.5, 0.6) is 0 Å². The van der Waals surface area contributed by atoms with Crippen molar-refractivity contribution in [1.29, 1.82) is 0 Å². The number of nitrogens with zero attached hydrogens (tertiary/aromatic N) is 3. The highest BCUT2D eigenvalue weighted by Crippen LogP contribution is 2.22. The molecule has 0 saturated heterocycles. The van der Waals surface area contributed by atoms with Crippen molar-refractivity contribution in [2.75, 3.05) is 13.6 Å². The molecule has 1 aromatic heterocycles. The van der Waals surface area contributed by atoms with E-state index >= 15 is 0 Å². The van der Waals surface area contributed by atoms with E-state index < -0.39 is 0 Å². The number of aromatic amines is 1. The molecular formula is C21H26FIN6. The van der Waals surface area contributed by atoms with E-state index in [0.717, 1.165) is 22.5 Å². The Labute approximate surface area is 187 Å². The summed E-state index contributed by atoms with van der Waals surface area (Å²) in [6.07, 6.45) is 1.49. The molecule has 3 N–H and O–H groups in total. The number of nitrogens with one attached hydrogen (secondary N) is 3. The maximum absolute atomic E-state index is 13.5. The van der Waals surface area contributed by atoms with E-state index in [4.69, 9.17) is 0 Å². The van der Waals surface area contributed by atoms with Gasteiger partial charge in [-0.1, -0.05) is 44.2 Å². The van der Waals surface area contributed by atoms with Gasteiger partial charge >= 0.3 is 0 Å². The number of hydrogen-bond donors (Lipinski definition) is 3. The van der Waals surface area contributed by atoms with Gasteiger partial charge in [-0.2, -0.15) is 5.10 Å². The van der Waals surface area contributed by atoms with Crippen LogP contribution in [0.1, 0.15) is 25.0 Å². The Bertz CT molecular complexity index is 940. The standard InChI is InChI=1S/C21H25FN6.HI/c1-21(2,17-8-5-9-18(22)11-17)13-25-20(23-3)24-12-15-6-4-7-16(10-15)19-26-14-27-28-19;/h4-11,14H,12-13H2,1-3H3,(H2,23,24,25)(H,26,27,28);1H. The van der Waals surface area contributed by atoms with Gasteiger partial charge in [-0.15, -0.1) is 24.0 Å². The first-order chi connectivity index (χ1) is 13.5. The zero-order valence-electron chi connectivity index (χ0n) is 16.7. The van der Waals surface area contributed by atoms with Crippen LogP contribution >= 0.6 is 24.0 Å². The molecule has 0 amide bonds. The molecule has 154 valence electrons. The maximum atomic E-state index is 13.5. The van der Waals surface area contributed by atoms with Crippen LogP contribution in [-0.4, -0.2) is 34.7 Å². The third-order valence-electron chi connectivity index (χ3n) is 4.60. The largest absolute Gasteiger partial charge is 0.356 e. The lowest BCUT2D eigenvalue weighted by molar-refractivity contribution is 0.503. The lowest BCUT2D eigenvalue weighted by Crippen LogP contribution is -2.43. The monoisotopic (exact) mass is 508 g/mol. The van der Waals surface area contributed by atoms with Crippen molar-refractivity contribution in [2.45, 2.75) is 25.8 Å². The van der Waals surface area contributed by atoms with Crippen molar-refractivity contribution in [3.8, 4) is 11.4 Å². The fourth-order valence-corrected chi connectivity index (χ4v) is 2.90. The van der Waals surface area contributed by atoms with Crippen LogP contribution in [0.15, 0.2) is 59.9 Å². The van der Waals surface area contributed by atoms with Crippen LogP contribution in [0.2, 0.25) is 0 Å². The first kappa shape index (κ1) is 22.8. The van der Waals surface area contributed by atoms with Gasteiger partial charge in [0.2, 0.25) is 0 Å². The van der Waals surface area contributed by atoms with E-state index in [1.165, 1.54) is 12.4 Å². The van der Waals surface area contributed by atoms with Gasteiger partial charge in [-0.25, -0.2) is 9.37 Å². The SMILES string of the molecule is CN=C(NCc1cccc(-c2ncn[nH]2)c1)NCC(C)(C)c1cccc(F)c1.I. The molecule has 3 aromatic rings. The summed E-state index contributed by atoms with van der Waals surface area (Å²) in [7, 11) is 1.73. The normalized spacial score (nSPS) is 11.7. The summed E-state index contributed by atoms with van der Waals surface area (Å²) in [5.41, 5.74) is 2.77. The molecule has 2 aromatic carbocycles. The Morgan fingerprint density at radius 2 is 1.93 bits per heavy atom. The molecule has 0 aliphatic carbocycles. The molecular weight excluding hydrogens is 482 g/mol. The number of aliphatic imine (C=N–C) groups is 1. The van der Waals surface area contributed by atoms with Gasteiger partial charge in [0.05, 0.1) is 0 Å². The second-order valence-corrected chi connectivity index (χ2v) is 7.21. The van der Waals surface area contributed by atoms with Crippen LogP contribution in [0.4, 0.5) is 4.39 Å². The number of halogens is 2. The van der Waals surface area contributed by atoms with Gasteiger partial charge < -0.3 is 10.6 Å². The summed E-state index contributed by atoms with van der Waals surface area (Å²) < 4.78 is 13.5. The Balaban J connectivity index is 0.00000300. The van der Waals surface area contributed by atoms with Crippen molar-refractivity contribution >= 4 is 29.9 Å². The van der Waals surface area contributed by atoms with Crippen LogP contribution in [0.3, 0.4) is 0 Å². The number of benzene rings is 2. The van der Waals surface area contributed by atoms with Gasteiger partial charge in [0.15, 0.2) is 11.8 Å². The van der Waals surface area contributed by atoms with Crippen LogP contribution < -0.4 is 10.6 Å². The minimum absolute atomic E-state index is 0. The second kappa shape index (κ2) is 10.3. The molecule has 0 bridgehead atoms. The summed E-state index contributed by atoms with van der Waals surface area (Å²) in [4.78, 5) is 8.46. The molecule has 0 saturated carbocycles. The third-order valence-corrected chi connectivity index (χ3v) is 4.60. The first-order valence-electron chi connectivity index (χ1n) is 9.13. The molecule has 0 fully saturated rings. The van der Waals surface area contributed by atoms with E-state index in [0.29, 0.717) is 19.0 Å². The zero-order chi connectivity index (χ0) is 20.0. The molecule has 0 unspecified atom stereocenters. The number of rotatable bonds is 6. The Morgan fingerprint density at radius 1 is 1.14 bits per heavy atom. The van der Waals surface area contributed by atoms with E-state index in [2.05, 4.69) is 50.7 Å². The molecule has 0 radical (unpaired) electrons. The Morgan fingerprint density at radius 3 is 2.62 bits per heavy atom. The lowest BCUT2D eigenvalue weighted by Gasteiger charge is -2.27. The Kier molecular flexibility index (Phi) is 8.12. The summed E-state index contributed by atoms with van der Waals surface area (Å²) in [6.45, 7) is 5.38. The molecule has 0 atom stereocenters. The maximum Gasteiger partial charge on any atom is 0.191 e. The molecule has 1 heterocycles. The minimum atomic E-state index is -0.244. The van der Waals surface area contributed by atoms with Crippen molar-refractivity contribution in [3.63, 3.8) is 0 Å². The highest BCUT2D eigenvalue weighted by molar-refractivity contribution is 14.0. The lowest BCUT2D eigenvalue weighted by atomic mass is 9.84. The van der Waals surface area contributed by atoms with Crippen molar-refractivity contribution in [1.82, 2.24) is 25.8 Å². The van der Waals surface area contributed by atoms with E-state index in [-0.39, 0.29) is 35.2 Å². The summed E-state index contributed by atoms with van der Waals surface area (Å²) in [5, 5.41) is 13.4. The average Bonchev–Trinajstić information content (AvgIpc) is 3.23. The predicted octanol–water partition coefficient (Wildman–Crippen LogP) is 3.87. The van der Waals surface area contributed by atoms with Gasteiger partial charge in [0, 0.05) is 31.1 Å². The molecule has 29 heavy (non-hydrogen) atoms. The molecule has 6 nitrogen and oxygen atoms in total. The smallest absolute Gasteiger partial charge is 0.191 e. The average molecular weight is 508 g/mol. The third kappa shape index (κ3) is 6.25. The van der Waals surface area contributed by atoms with Gasteiger partial charge in [0.1, 0.15) is 12.1 Å². The zero-order valence-corrected chi connectivity index (χ0v) is 19.1. The second-order valence-electron chi connectivity index (χ2n) is 7.21. The molecule has 0 aliphatic rings. The molecule has 8 heteroatoms. The fourth-order valence-electron chi connectivity index (χ4n) is 2.90. The van der Waals surface area contributed by atoms with E-state index in [9.17, 15) is 4.39 Å². The number of hydrogen-bond acceptors (Lipinski definition) is 3. The highest BCUT2D eigenvalue weighted by atomic mass is 127. The van der Waals surface area contributed by atoms with E-state index in [1.54, 1.807) is 19.2 Å². The van der Waals surface area contributed by atoms with Crippen molar-refractivity contribution in [3.05, 3.63) is 71.8 Å². The molecule has 0 aliphatic heterocycles. The number of aromatic nitrogens is 3. The van der Waals surface area contributed by atoms with Crippen LogP contribution in [-0.2, 0) is 12.0 Å². The number of H-pyrrole nitrogens is 1. The topological polar surface area (TPSA) is 78.0 Å². The van der Waals surface area contributed by atoms with Gasteiger partial charge in [0.25, 0.3) is 0 Å². The molecule has 3 rings (SSSR count). The fraction of sp³-hybridized carbons (Fsp3) is 0.286. The molecule has 0 spiro atoms. The van der Waals surface area contributed by atoms with Gasteiger partial charge in [-0.05, 0) is 29.3 Å². The summed E-state index contributed by atoms with van der Waals surface area (Å²) in [6, 6.07) is 14.8. The predicted molar refractivity (Wildman–Crippen MR) is 125 cm³/mol. The summed E-state index contributed by atoms with van der Waals surface area (Å²) >= 11 is 0. The quantitative estimate of drug-likeness (QED) is 0.269. The minimum Gasteiger partial charge on any atom is -0.356 e. The van der Waals surface area contributed by atoms with Crippen molar-refractivity contribution in [2.24, 2.45) is 4.99 Å². The highest BCUT2D eigenvalue weighted by Gasteiger charge is 2.21. The van der Waals surface area contributed by atoms with Crippen molar-refractivity contribution < 1.29 is 4.39 Å². The number of guanidine groups is 1. The Hall–Kier alpha value is -2.49.